The Labute approximate surface area is 169 Å². The van der Waals surface area contributed by atoms with Crippen LogP contribution in [0.1, 0.15) is 15.9 Å². The molecule has 0 atom stereocenters. The molecule has 0 aliphatic carbocycles. The zero-order chi connectivity index (χ0) is 20.1. The third-order valence-electron chi connectivity index (χ3n) is 5.11. The molecule has 1 aliphatic heterocycles. The number of amides is 1. The van der Waals surface area contributed by atoms with E-state index in [1.165, 1.54) is 11.8 Å². The number of nitrogens with zero attached hydrogens (tertiary/aromatic N) is 3. The maximum atomic E-state index is 13.8. The van der Waals surface area contributed by atoms with E-state index in [0.29, 0.717) is 36.6 Å². The Morgan fingerprint density at radius 1 is 0.966 bits per heavy atom. The topological polar surface area (TPSA) is 48.5 Å². The molecule has 2 heterocycles. The minimum Gasteiger partial charge on any atom is -0.368 e. The van der Waals surface area contributed by atoms with Crippen molar-refractivity contribution in [2.45, 2.75) is 6.54 Å². The number of carbonyl (C=O) groups excluding carboxylic acids is 1. The monoisotopic (exact) mass is 390 g/mol. The number of benzene rings is 2. The quantitative estimate of drug-likeness (QED) is 0.720. The first-order valence-electron chi connectivity index (χ1n) is 9.73. The summed E-state index contributed by atoms with van der Waals surface area (Å²) in [5, 5.41) is 3.10. The number of piperazine rings is 1. The predicted octanol–water partition coefficient (Wildman–Crippen LogP) is 3.80. The number of pyridine rings is 1. The van der Waals surface area contributed by atoms with Gasteiger partial charge in [0.2, 0.25) is 0 Å². The van der Waals surface area contributed by atoms with Crippen molar-refractivity contribution >= 4 is 17.4 Å². The predicted molar refractivity (Wildman–Crippen MR) is 113 cm³/mol. The Morgan fingerprint density at radius 3 is 2.45 bits per heavy atom. The van der Waals surface area contributed by atoms with E-state index in [4.69, 9.17) is 0 Å². The number of nitrogens with one attached hydrogen (secondary N) is 1. The molecule has 0 radical (unpaired) electrons. The molecule has 1 N–H and O–H groups in total. The minimum absolute atomic E-state index is 0.00551. The van der Waals surface area contributed by atoms with Crippen molar-refractivity contribution in [3.63, 3.8) is 0 Å². The number of hydrogen-bond donors (Lipinski definition) is 1. The van der Waals surface area contributed by atoms with E-state index < -0.39 is 0 Å². The standard InChI is InChI=1S/C23H23FN4O/c24-21-9-5-4-6-19(21)17-26-22-16-18(10-11-25-22)23(29)28-14-12-27(13-15-28)20-7-2-1-3-8-20/h1-11,16H,12-15,17H2,(H,25,26). The summed E-state index contributed by atoms with van der Waals surface area (Å²) in [6, 6.07) is 20.3. The molecular weight excluding hydrogens is 367 g/mol. The molecule has 5 nitrogen and oxygen atoms in total. The first-order valence-corrected chi connectivity index (χ1v) is 9.73. The SMILES string of the molecule is O=C(c1ccnc(NCc2ccccc2F)c1)N1CCN(c2ccccc2)CC1. The molecule has 0 saturated carbocycles. The van der Waals surface area contributed by atoms with Gasteiger partial charge in [-0.15, -0.1) is 0 Å². The van der Waals surface area contributed by atoms with Crippen molar-refractivity contribution in [3.8, 4) is 0 Å². The van der Waals surface area contributed by atoms with Crippen molar-refractivity contribution in [2.24, 2.45) is 0 Å². The second-order valence-corrected chi connectivity index (χ2v) is 6.99. The number of halogens is 1. The third-order valence-corrected chi connectivity index (χ3v) is 5.11. The molecule has 0 unspecified atom stereocenters. The summed E-state index contributed by atoms with van der Waals surface area (Å²) in [6.45, 7) is 3.27. The zero-order valence-electron chi connectivity index (χ0n) is 16.1. The van der Waals surface area contributed by atoms with Gasteiger partial charge >= 0.3 is 0 Å². The molecule has 1 fully saturated rings. The van der Waals surface area contributed by atoms with Gasteiger partial charge in [0, 0.05) is 55.7 Å². The van der Waals surface area contributed by atoms with Crippen molar-refractivity contribution in [1.82, 2.24) is 9.88 Å². The third kappa shape index (κ3) is 4.54. The summed E-state index contributed by atoms with van der Waals surface area (Å²) in [6.07, 6.45) is 1.61. The molecule has 2 aromatic carbocycles. The fourth-order valence-corrected chi connectivity index (χ4v) is 3.48. The van der Waals surface area contributed by atoms with Gasteiger partial charge in [-0.1, -0.05) is 36.4 Å². The van der Waals surface area contributed by atoms with Gasteiger partial charge < -0.3 is 15.1 Å². The lowest BCUT2D eigenvalue weighted by Gasteiger charge is -2.36. The van der Waals surface area contributed by atoms with E-state index in [2.05, 4.69) is 27.3 Å². The maximum Gasteiger partial charge on any atom is 0.254 e. The second kappa shape index (κ2) is 8.73. The normalized spacial score (nSPS) is 14.0. The molecule has 1 amide bonds. The molecule has 1 aromatic heterocycles. The van der Waals surface area contributed by atoms with Crippen LogP contribution in [0, 0.1) is 5.82 Å². The van der Waals surface area contributed by atoms with Crippen LogP contribution in [-0.4, -0.2) is 42.0 Å². The van der Waals surface area contributed by atoms with E-state index in [0.717, 1.165) is 13.1 Å². The Balaban J connectivity index is 1.37. The average molecular weight is 390 g/mol. The number of anilines is 2. The van der Waals surface area contributed by atoms with Crippen LogP contribution in [0.5, 0.6) is 0 Å². The lowest BCUT2D eigenvalue weighted by molar-refractivity contribution is 0.0746. The van der Waals surface area contributed by atoms with Crippen LogP contribution in [0.25, 0.3) is 0 Å². The lowest BCUT2D eigenvalue weighted by atomic mass is 10.2. The number of hydrogen-bond acceptors (Lipinski definition) is 4. The van der Waals surface area contributed by atoms with Crippen LogP contribution in [0.2, 0.25) is 0 Å². The van der Waals surface area contributed by atoms with Gasteiger partial charge in [-0.3, -0.25) is 4.79 Å². The Bertz CT molecular complexity index is 971. The van der Waals surface area contributed by atoms with Crippen LogP contribution in [0.15, 0.2) is 72.9 Å². The Hall–Kier alpha value is -3.41. The van der Waals surface area contributed by atoms with Crippen molar-refractivity contribution < 1.29 is 9.18 Å². The van der Waals surface area contributed by atoms with Crippen molar-refractivity contribution in [3.05, 3.63) is 89.9 Å². The van der Waals surface area contributed by atoms with Crippen LogP contribution in [0.4, 0.5) is 15.9 Å². The highest BCUT2D eigenvalue weighted by atomic mass is 19.1. The van der Waals surface area contributed by atoms with Gasteiger partial charge in [0.25, 0.3) is 5.91 Å². The maximum absolute atomic E-state index is 13.8. The summed E-state index contributed by atoms with van der Waals surface area (Å²) < 4.78 is 13.8. The smallest absolute Gasteiger partial charge is 0.254 e. The molecule has 1 aliphatic rings. The lowest BCUT2D eigenvalue weighted by Crippen LogP contribution is -2.48. The minimum atomic E-state index is -0.261. The fourth-order valence-electron chi connectivity index (χ4n) is 3.48. The van der Waals surface area contributed by atoms with Crippen molar-refractivity contribution in [1.29, 1.82) is 0 Å². The Morgan fingerprint density at radius 2 is 1.69 bits per heavy atom. The van der Waals surface area contributed by atoms with Gasteiger partial charge in [-0.05, 0) is 30.3 Å². The zero-order valence-corrected chi connectivity index (χ0v) is 16.1. The molecule has 148 valence electrons. The molecule has 3 aromatic rings. The van der Waals surface area contributed by atoms with E-state index in [-0.39, 0.29) is 11.7 Å². The number of aromatic nitrogens is 1. The van der Waals surface area contributed by atoms with Gasteiger partial charge in [-0.25, -0.2) is 9.37 Å². The summed E-state index contributed by atoms with van der Waals surface area (Å²) in [4.78, 5) is 21.3. The highest BCUT2D eigenvalue weighted by Crippen LogP contribution is 2.18. The summed E-state index contributed by atoms with van der Waals surface area (Å²) in [5.74, 6) is 0.291. The highest BCUT2D eigenvalue weighted by molar-refractivity contribution is 5.95. The van der Waals surface area contributed by atoms with Crippen molar-refractivity contribution in [2.75, 3.05) is 36.4 Å². The molecular formula is C23H23FN4O. The summed E-state index contributed by atoms with van der Waals surface area (Å²) in [7, 11) is 0. The number of rotatable bonds is 5. The van der Waals surface area contributed by atoms with Crippen LogP contribution in [0.3, 0.4) is 0 Å². The highest BCUT2D eigenvalue weighted by Gasteiger charge is 2.22. The van der Waals surface area contributed by atoms with Crippen LogP contribution >= 0.6 is 0 Å². The first kappa shape index (κ1) is 18.9. The first-order chi connectivity index (χ1) is 14.2. The van der Waals surface area contributed by atoms with Crippen LogP contribution < -0.4 is 10.2 Å². The van der Waals surface area contributed by atoms with Gasteiger partial charge in [0.15, 0.2) is 0 Å². The average Bonchev–Trinajstić information content (AvgIpc) is 2.79. The van der Waals surface area contributed by atoms with E-state index >= 15 is 0 Å². The van der Waals surface area contributed by atoms with Gasteiger partial charge in [0.05, 0.1) is 0 Å². The molecule has 6 heteroatoms. The van der Waals surface area contributed by atoms with E-state index in [1.54, 1.807) is 36.5 Å². The van der Waals surface area contributed by atoms with E-state index in [9.17, 15) is 9.18 Å². The van der Waals surface area contributed by atoms with E-state index in [1.807, 2.05) is 23.1 Å². The molecule has 29 heavy (non-hydrogen) atoms. The number of carbonyl (C=O) groups is 1. The van der Waals surface area contributed by atoms with Gasteiger partial charge in [0.1, 0.15) is 11.6 Å². The summed E-state index contributed by atoms with van der Waals surface area (Å²) in [5.41, 5.74) is 2.33. The van der Waals surface area contributed by atoms with Gasteiger partial charge in [-0.2, -0.15) is 0 Å². The number of para-hydroxylation sites is 1. The molecule has 0 spiro atoms. The van der Waals surface area contributed by atoms with Crippen LogP contribution in [-0.2, 0) is 6.54 Å². The molecule has 4 rings (SSSR count). The fraction of sp³-hybridized carbons (Fsp3) is 0.217. The second-order valence-electron chi connectivity index (χ2n) is 6.99. The summed E-state index contributed by atoms with van der Waals surface area (Å²) >= 11 is 0. The largest absolute Gasteiger partial charge is 0.368 e. The Kier molecular flexibility index (Phi) is 5.70. The molecule has 1 saturated heterocycles. The molecule has 0 bridgehead atoms.